The molecule has 0 aromatic heterocycles. The molecule has 2 rings (SSSR count). The van der Waals surface area contributed by atoms with Gasteiger partial charge in [0.05, 0.1) is 0 Å². The highest BCUT2D eigenvalue weighted by Gasteiger charge is 2.27. The molecule has 0 bridgehead atoms. The first kappa shape index (κ1) is 12.4. The molecule has 1 aliphatic rings. The molecule has 0 aliphatic heterocycles. The van der Waals surface area contributed by atoms with Crippen LogP contribution in [0.5, 0.6) is 5.75 Å². The van der Waals surface area contributed by atoms with Crippen LogP contribution in [0.2, 0.25) is 0 Å². The van der Waals surface area contributed by atoms with Crippen LogP contribution in [0.25, 0.3) is 0 Å². The van der Waals surface area contributed by atoms with Gasteiger partial charge in [0.25, 0.3) is 0 Å². The number of benzene rings is 1. The van der Waals surface area contributed by atoms with Crippen LogP contribution in [0.15, 0.2) is 24.3 Å². The van der Waals surface area contributed by atoms with E-state index in [0.29, 0.717) is 12.0 Å². The predicted octanol–water partition coefficient (Wildman–Crippen LogP) is 3.15. The molecule has 94 valence electrons. The highest BCUT2D eigenvalue weighted by Crippen LogP contribution is 2.29. The highest BCUT2D eigenvalue weighted by molar-refractivity contribution is 5.27. The molecule has 2 nitrogen and oxygen atoms in total. The number of rotatable bonds is 5. The summed E-state index contributed by atoms with van der Waals surface area (Å²) in [5.74, 6) is 1.54. The van der Waals surface area contributed by atoms with Gasteiger partial charge in [0, 0.05) is 5.92 Å². The molecule has 1 aromatic carbocycles. The van der Waals surface area contributed by atoms with Crippen molar-refractivity contribution < 1.29 is 4.74 Å². The molecule has 0 saturated heterocycles. The fourth-order valence-electron chi connectivity index (χ4n) is 2.63. The SMILES string of the molecule is CCCc1ccc(OC2CCCC2CN)cc1. The van der Waals surface area contributed by atoms with Gasteiger partial charge in [-0.2, -0.15) is 0 Å². The lowest BCUT2D eigenvalue weighted by Crippen LogP contribution is -2.27. The average Bonchev–Trinajstić information content (AvgIpc) is 2.79. The van der Waals surface area contributed by atoms with E-state index in [1.165, 1.54) is 24.8 Å². The van der Waals surface area contributed by atoms with Crippen LogP contribution in [-0.4, -0.2) is 12.6 Å². The predicted molar refractivity (Wildman–Crippen MR) is 71.2 cm³/mol. The maximum atomic E-state index is 6.03. The van der Waals surface area contributed by atoms with Gasteiger partial charge < -0.3 is 10.5 Å². The van der Waals surface area contributed by atoms with Gasteiger partial charge in [0.15, 0.2) is 0 Å². The fourth-order valence-corrected chi connectivity index (χ4v) is 2.63. The van der Waals surface area contributed by atoms with Crippen molar-refractivity contribution in [3.05, 3.63) is 29.8 Å². The van der Waals surface area contributed by atoms with Crippen molar-refractivity contribution >= 4 is 0 Å². The van der Waals surface area contributed by atoms with E-state index in [-0.39, 0.29) is 0 Å². The van der Waals surface area contributed by atoms with Crippen LogP contribution < -0.4 is 10.5 Å². The van der Waals surface area contributed by atoms with Crippen molar-refractivity contribution in [2.45, 2.75) is 45.1 Å². The van der Waals surface area contributed by atoms with Gasteiger partial charge in [-0.15, -0.1) is 0 Å². The summed E-state index contributed by atoms with van der Waals surface area (Å²) in [7, 11) is 0. The first-order chi connectivity index (χ1) is 8.33. The van der Waals surface area contributed by atoms with Crippen LogP contribution >= 0.6 is 0 Å². The Kier molecular flexibility index (Phi) is 4.43. The molecular formula is C15H23NO. The highest BCUT2D eigenvalue weighted by atomic mass is 16.5. The molecule has 2 heteroatoms. The van der Waals surface area contributed by atoms with Crippen LogP contribution in [0, 0.1) is 5.92 Å². The van der Waals surface area contributed by atoms with E-state index >= 15 is 0 Å². The lowest BCUT2D eigenvalue weighted by atomic mass is 10.1. The lowest BCUT2D eigenvalue weighted by Gasteiger charge is -2.20. The Labute approximate surface area is 104 Å². The quantitative estimate of drug-likeness (QED) is 0.848. The van der Waals surface area contributed by atoms with Gasteiger partial charge in [-0.1, -0.05) is 25.5 Å². The second kappa shape index (κ2) is 6.06. The van der Waals surface area contributed by atoms with Gasteiger partial charge in [0.2, 0.25) is 0 Å². The van der Waals surface area contributed by atoms with E-state index in [1.54, 1.807) is 0 Å². The molecule has 2 unspecified atom stereocenters. The summed E-state index contributed by atoms with van der Waals surface area (Å²) in [6.45, 7) is 2.95. The number of hydrogen-bond acceptors (Lipinski definition) is 2. The van der Waals surface area contributed by atoms with Crippen molar-refractivity contribution in [3.8, 4) is 5.75 Å². The second-order valence-corrected chi connectivity index (χ2v) is 4.98. The molecule has 1 aliphatic carbocycles. The number of nitrogens with two attached hydrogens (primary N) is 1. The second-order valence-electron chi connectivity index (χ2n) is 4.98. The topological polar surface area (TPSA) is 35.2 Å². The molecule has 2 atom stereocenters. The van der Waals surface area contributed by atoms with E-state index in [0.717, 1.165) is 25.1 Å². The summed E-state index contributed by atoms with van der Waals surface area (Å²) >= 11 is 0. The van der Waals surface area contributed by atoms with E-state index in [9.17, 15) is 0 Å². The molecular weight excluding hydrogens is 210 g/mol. The summed E-state index contributed by atoms with van der Waals surface area (Å²) < 4.78 is 6.03. The van der Waals surface area contributed by atoms with Crippen molar-refractivity contribution in [1.29, 1.82) is 0 Å². The molecule has 1 fully saturated rings. The van der Waals surface area contributed by atoms with Crippen LogP contribution in [0.4, 0.5) is 0 Å². The summed E-state index contributed by atoms with van der Waals surface area (Å²) in [6.07, 6.45) is 6.29. The van der Waals surface area contributed by atoms with E-state index in [1.807, 2.05) is 0 Å². The van der Waals surface area contributed by atoms with Crippen molar-refractivity contribution in [1.82, 2.24) is 0 Å². The summed E-state index contributed by atoms with van der Waals surface area (Å²) in [4.78, 5) is 0. The Hall–Kier alpha value is -1.02. The largest absolute Gasteiger partial charge is 0.490 e. The Balaban J connectivity index is 1.94. The number of hydrogen-bond donors (Lipinski definition) is 1. The molecule has 0 heterocycles. The molecule has 2 N–H and O–H groups in total. The average molecular weight is 233 g/mol. The Morgan fingerprint density at radius 2 is 2.00 bits per heavy atom. The van der Waals surface area contributed by atoms with Crippen molar-refractivity contribution in [2.24, 2.45) is 11.7 Å². The van der Waals surface area contributed by atoms with Gasteiger partial charge in [-0.05, 0) is 49.9 Å². The first-order valence-electron chi connectivity index (χ1n) is 6.79. The molecule has 0 radical (unpaired) electrons. The zero-order chi connectivity index (χ0) is 12.1. The van der Waals surface area contributed by atoms with Gasteiger partial charge >= 0.3 is 0 Å². The molecule has 0 amide bonds. The Morgan fingerprint density at radius 3 is 2.65 bits per heavy atom. The van der Waals surface area contributed by atoms with Crippen LogP contribution in [-0.2, 0) is 6.42 Å². The zero-order valence-electron chi connectivity index (χ0n) is 10.7. The van der Waals surface area contributed by atoms with E-state index in [2.05, 4.69) is 31.2 Å². The van der Waals surface area contributed by atoms with Crippen molar-refractivity contribution in [2.75, 3.05) is 6.54 Å². The van der Waals surface area contributed by atoms with Crippen LogP contribution in [0.3, 0.4) is 0 Å². The summed E-state index contributed by atoms with van der Waals surface area (Å²) in [5, 5.41) is 0. The van der Waals surface area contributed by atoms with E-state index < -0.39 is 0 Å². The first-order valence-corrected chi connectivity index (χ1v) is 6.79. The van der Waals surface area contributed by atoms with Crippen LogP contribution in [0.1, 0.15) is 38.2 Å². The molecule has 17 heavy (non-hydrogen) atoms. The third-order valence-corrected chi connectivity index (χ3v) is 3.64. The fraction of sp³-hybridized carbons (Fsp3) is 0.600. The molecule has 1 saturated carbocycles. The maximum absolute atomic E-state index is 6.03. The van der Waals surface area contributed by atoms with Crippen molar-refractivity contribution in [3.63, 3.8) is 0 Å². The monoisotopic (exact) mass is 233 g/mol. The standard InChI is InChI=1S/C15H23NO/c1-2-4-12-7-9-14(10-8-12)17-15-6-3-5-13(15)11-16/h7-10,13,15H,2-6,11,16H2,1H3. The normalized spacial score (nSPS) is 23.9. The Bertz CT molecular complexity index is 333. The van der Waals surface area contributed by atoms with Gasteiger partial charge in [-0.25, -0.2) is 0 Å². The third-order valence-electron chi connectivity index (χ3n) is 3.64. The minimum Gasteiger partial charge on any atom is -0.490 e. The molecule has 0 spiro atoms. The number of ether oxygens (including phenoxy) is 1. The summed E-state index contributed by atoms with van der Waals surface area (Å²) in [6, 6.07) is 8.53. The van der Waals surface area contributed by atoms with Gasteiger partial charge in [-0.3, -0.25) is 0 Å². The smallest absolute Gasteiger partial charge is 0.119 e. The maximum Gasteiger partial charge on any atom is 0.119 e. The lowest BCUT2D eigenvalue weighted by molar-refractivity contribution is 0.162. The van der Waals surface area contributed by atoms with E-state index in [4.69, 9.17) is 10.5 Å². The summed E-state index contributed by atoms with van der Waals surface area (Å²) in [5.41, 5.74) is 7.15. The third kappa shape index (κ3) is 3.22. The number of aryl methyl sites for hydroxylation is 1. The minimum atomic E-state index is 0.331. The molecule has 1 aromatic rings. The Morgan fingerprint density at radius 1 is 1.24 bits per heavy atom. The zero-order valence-corrected chi connectivity index (χ0v) is 10.7. The van der Waals surface area contributed by atoms with Gasteiger partial charge in [0.1, 0.15) is 11.9 Å². The minimum absolute atomic E-state index is 0.331.